The molecule has 0 saturated carbocycles. The summed E-state index contributed by atoms with van der Waals surface area (Å²) in [7, 11) is 0. The molecule has 0 saturated heterocycles. The first kappa shape index (κ1) is 12.8. The Bertz CT molecular complexity index is 526. The molecule has 1 aromatic carbocycles. The molecule has 0 N–H and O–H groups in total. The highest BCUT2D eigenvalue weighted by atomic mass is 32.2. The zero-order valence-electron chi connectivity index (χ0n) is 10.2. The highest BCUT2D eigenvalue weighted by Crippen LogP contribution is 2.13. The maximum absolute atomic E-state index is 12.8. The molecule has 4 nitrogen and oxygen atoms in total. The van der Waals surface area contributed by atoms with Crippen LogP contribution in [0.5, 0.6) is 0 Å². The van der Waals surface area contributed by atoms with Crippen LogP contribution in [0, 0.1) is 5.82 Å². The van der Waals surface area contributed by atoms with Gasteiger partial charge < -0.3 is 0 Å². The molecule has 0 spiro atoms. The van der Waals surface area contributed by atoms with Crippen LogP contribution in [-0.2, 0) is 6.42 Å². The fourth-order valence-electron chi connectivity index (χ4n) is 1.43. The summed E-state index contributed by atoms with van der Waals surface area (Å²) in [4.78, 5) is 0. The van der Waals surface area contributed by atoms with E-state index in [9.17, 15) is 4.39 Å². The predicted octanol–water partition coefficient (Wildman–Crippen LogP) is 2.58. The fraction of sp³-hybridized carbons (Fsp3) is 0.250. The van der Waals surface area contributed by atoms with Crippen molar-refractivity contribution in [2.45, 2.75) is 18.5 Å². The molecule has 0 unspecified atom stereocenters. The number of thioether (sulfide) groups is 1. The Labute approximate surface area is 109 Å². The van der Waals surface area contributed by atoms with E-state index >= 15 is 0 Å². The first-order chi connectivity index (χ1) is 8.74. The van der Waals surface area contributed by atoms with E-state index in [1.807, 2.05) is 13.2 Å². The van der Waals surface area contributed by atoms with Crippen LogP contribution in [0.2, 0.25) is 0 Å². The van der Waals surface area contributed by atoms with Gasteiger partial charge in [0, 0.05) is 6.42 Å². The Morgan fingerprint density at radius 3 is 2.67 bits per heavy atom. The second kappa shape index (κ2) is 5.77. The highest BCUT2D eigenvalue weighted by molar-refractivity contribution is 7.98. The molecule has 0 bridgehead atoms. The van der Waals surface area contributed by atoms with Crippen LogP contribution in [0.15, 0.2) is 34.5 Å². The van der Waals surface area contributed by atoms with E-state index in [0.717, 1.165) is 23.0 Å². The molecular weight excluding hydrogens is 251 g/mol. The number of nitrogens with zero attached hydrogens (tertiary/aromatic N) is 4. The minimum absolute atomic E-state index is 0.254. The van der Waals surface area contributed by atoms with Crippen molar-refractivity contribution in [1.82, 2.24) is 14.9 Å². The second-order valence-corrected chi connectivity index (χ2v) is 4.34. The SMILES string of the molecule is CCc1nnc(SC)n1/N=C\c1ccc(F)cc1. The summed E-state index contributed by atoms with van der Waals surface area (Å²) in [6, 6.07) is 6.16. The molecule has 0 atom stereocenters. The molecule has 6 heteroatoms. The van der Waals surface area contributed by atoms with E-state index in [-0.39, 0.29) is 5.82 Å². The summed E-state index contributed by atoms with van der Waals surface area (Å²) in [6.45, 7) is 2.00. The van der Waals surface area contributed by atoms with Gasteiger partial charge in [-0.05, 0) is 24.0 Å². The van der Waals surface area contributed by atoms with Crippen LogP contribution >= 0.6 is 11.8 Å². The Morgan fingerprint density at radius 2 is 2.06 bits per heavy atom. The van der Waals surface area contributed by atoms with Crippen molar-refractivity contribution in [2.24, 2.45) is 5.10 Å². The van der Waals surface area contributed by atoms with Gasteiger partial charge in [0.1, 0.15) is 5.82 Å². The third-order valence-electron chi connectivity index (χ3n) is 2.37. The van der Waals surface area contributed by atoms with Crippen LogP contribution in [0.3, 0.4) is 0 Å². The quantitative estimate of drug-likeness (QED) is 0.629. The molecule has 18 heavy (non-hydrogen) atoms. The third-order valence-corrected chi connectivity index (χ3v) is 2.99. The number of rotatable bonds is 4. The Kier molecular flexibility index (Phi) is 4.09. The molecule has 94 valence electrons. The van der Waals surface area contributed by atoms with E-state index in [1.165, 1.54) is 23.9 Å². The molecule has 0 aliphatic rings. The van der Waals surface area contributed by atoms with Gasteiger partial charge in [-0.15, -0.1) is 10.2 Å². The standard InChI is InChI=1S/C12H13FN4S/c1-3-11-15-16-12(18-2)17(11)14-8-9-4-6-10(13)7-5-9/h4-8H,3H2,1-2H3/b14-8-. The van der Waals surface area contributed by atoms with Crippen LogP contribution in [0.1, 0.15) is 18.3 Å². The largest absolute Gasteiger partial charge is 0.211 e. The van der Waals surface area contributed by atoms with Gasteiger partial charge in [-0.3, -0.25) is 0 Å². The van der Waals surface area contributed by atoms with Crippen molar-refractivity contribution in [1.29, 1.82) is 0 Å². The molecule has 0 aliphatic heterocycles. The van der Waals surface area contributed by atoms with Crippen molar-refractivity contribution in [3.63, 3.8) is 0 Å². The van der Waals surface area contributed by atoms with Gasteiger partial charge in [-0.1, -0.05) is 30.8 Å². The number of hydrogen-bond donors (Lipinski definition) is 0. The lowest BCUT2D eigenvalue weighted by Gasteiger charge is -2.00. The number of aromatic nitrogens is 3. The van der Waals surface area contributed by atoms with Crippen LogP contribution in [0.4, 0.5) is 4.39 Å². The monoisotopic (exact) mass is 264 g/mol. The van der Waals surface area contributed by atoms with Gasteiger partial charge in [-0.25, -0.2) is 4.39 Å². The lowest BCUT2D eigenvalue weighted by Crippen LogP contribution is -1.98. The van der Waals surface area contributed by atoms with Crippen molar-refractivity contribution in [2.75, 3.05) is 6.26 Å². The number of aryl methyl sites for hydroxylation is 1. The summed E-state index contributed by atoms with van der Waals surface area (Å²) >= 11 is 1.48. The smallest absolute Gasteiger partial charge is 0.207 e. The first-order valence-corrected chi connectivity index (χ1v) is 6.75. The average molecular weight is 264 g/mol. The molecule has 0 radical (unpaired) electrons. The Balaban J connectivity index is 2.27. The first-order valence-electron chi connectivity index (χ1n) is 5.52. The van der Waals surface area contributed by atoms with Crippen molar-refractivity contribution < 1.29 is 4.39 Å². The summed E-state index contributed by atoms with van der Waals surface area (Å²) < 4.78 is 14.5. The van der Waals surface area contributed by atoms with Gasteiger partial charge in [0.2, 0.25) is 5.16 Å². The fourth-order valence-corrected chi connectivity index (χ4v) is 1.88. The number of halogens is 1. The number of hydrogen-bond acceptors (Lipinski definition) is 4. The number of benzene rings is 1. The summed E-state index contributed by atoms with van der Waals surface area (Å²) in [6.07, 6.45) is 4.35. The molecule has 0 fully saturated rings. The molecular formula is C12H13FN4S. The van der Waals surface area contributed by atoms with E-state index in [4.69, 9.17) is 0 Å². The summed E-state index contributed by atoms with van der Waals surface area (Å²) in [5.74, 6) is 0.549. The van der Waals surface area contributed by atoms with Gasteiger partial charge in [-0.2, -0.15) is 9.78 Å². The zero-order chi connectivity index (χ0) is 13.0. The van der Waals surface area contributed by atoms with E-state index in [2.05, 4.69) is 15.3 Å². The average Bonchev–Trinajstić information content (AvgIpc) is 2.80. The zero-order valence-corrected chi connectivity index (χ0v) is 11.0. The predicted molar refractivity (Wildman–Crippen MR) is 70.6 cm³/mol. The Morgan fingerprint density at radius 1 is 1.33 bits per heavy atom. The summed E-state index contributed by atoms with van der Waals surface area (Å²) in [5.41, 5.74) is 0.833. The van der Waals surface area contributed by atoms with Gasteiger partial charge >= 0.3 is 0 Å². The molecule has 2 rings (SSSR count). The van der Waals surface area contributed by atoms with Crippen LogP contribution < -0.4 is 0 Å². The van der Waals surface area contributed by atoms with Crippen molar-refractivity contribution >= 4 is 18.0 Å². The van der Waals surface area contributed by atoms with Crippen molar-refractivity contribution in [3.05, 3.63) is 41.5 Å². The minimum Gasteiger partial charge on any atom is -0.207 e. The topological polar surface area (TPSA) is 43.1 Å². The molecule has 1 aromatic heterocycles. The lowest BCUT2D eigenvalue weighted by atomic mass is 10.2. The van der Waals surface area contributed by atoms with Crippen LogP contribution in [0.25, 0.3) is 0 Å². The lowest BCUT2D eigenvalue weighted by molar-refractivity contribution is 0.628. The molecule has 1 heterocycles. The van der Waals surface area contributed by atoms with Crippen LogP contribution in [-0.4, -0.2) is 27.3 Å². The third kappa shape index (κ3) is 2.76. The second-order valence-electron chi connectivity index (χ2n) is 3.56. The van der Waals surface area contributed by atoms with E-state index < -0.39 is 0 Å². The van der Waals surface area contributed by atoms with E-state index in [0.29, 0.717) is 0 Å². The van der Waals surface area contributed by atoms with Gasteiger partial charge in [0.25, 0.3) is 0 Å². The Hall–Kier alpha value is -1.69. The molecule has 0 amide bonds. The van der Waals surface area contributed by atoms with Gasteiger partial charge in [0.05, 0.1) is 6.21 Å². The van der Waals surface area contributed by atoms with E-state index in [1.54, 1.807) is 23.0 Å². The maximum atomic E-state index is 12.8. The van der Waals surface area contributed by atoms with Crippen molar-refractivity contribution in [3.8, 4) is 0 Å². The van der Waals surface area contributed by atoms with Gasteiger partial charge in [0.15, 0.2) is 5.82 Å². The normalized spacial score (nSPS) is 11.3. The highest BCUT2D eigenvalue weighted by Gasteiger charge is 2.07. The minimum atomic E-state index is -0.254. The summed E-state index contributed by atoms with van der Waals surface area (Å²) in [5, 5.41) is 13.2. The maximum Gasteiger partial charge on any atom is 0.211 e. The molecule has 0 aliphatic carbocycles. The molecule has 2 aromatic rings.